The standard InChI is InChI=1S/C12H20N4O3/c1-5-7-13-11-14-8-9(16(17)18)10(15-11)19-12(3,4)6-2/h8H,5-7H2,1-4H3,(H,13,14,15). The monoisotopic (exact) mass is 268 g/mol. The van der Waals surface area contributed by atoms with Crippen LogP contribution in [0.25, 0.3) is 0 Å². The predicted molar refractivity (Wildman–Crippen MR) is 72.5 cm³/mol. The lowest BCUT2D eigenvalue weighted by Gasteiger charge is -2.23. The summed E-state index contributed by atoms with van der Waals surface area (Å²) in [5.74, 6) is 0.347. The van der Waals surface area contributed by atoms with E-state index in [1.807, 2.05) is 27.7 Å². The Kier molecular flexibility index (Phi) is 5.02. The van der Waals surface area contributed by atoms with Crippen molar-refractivity contribution in [2.24, 2.45) is 0 Å². The summed E-state index contributed by atoms with van der Waals surface area (Å²) in [4.78, 5) is 18.4. The number of nitrogens with one attached hydrogen (secondary N) is 1. The highest BCUT2D eigenvalue weighted by atomic mass is 16.6. The Hall–Kier alpha value is -1.92. The van der Waals surface area contributed by atoms with Crippen LogP contribution in [-0.4, -0.2) is 27.0 Å². The van der Waals surface area contributed by atoms with Gasteiger partial charge in [0.05, 0.1) is 4.92 Å². The van der Waals surface area contributed by atoms with E-state index in [9.17, 15) is 10.1 Å². The first-order chi connectivity index (χ1) is 8.89. The van der Waals surface area contributed by atoms with Crippen molar-refractivity contribution in [1.29, 1.82) is 0 Å². The smallest absolute Gasteiger partial charge is 0.349 e. The molecule has 0 amide bonds. The molecule has 19 heavy (non-hydrogen) atoms. The van der Waals surface area contributed by atoms with E-state index in [0.717, 1.165) is 6.42 Å². The van der Waals surface area contributed by atoms with E-state index < -0.39 is 10.5 Å². The van der Waals surface area contributed by atoms with Crippen LogP contribution in [0.2, 0.25) is 0 Å². The maximum atomic E-state index is 10.9. The third-order valence-corrected chi connectivity index (χ3v) is 2.69. The lowest BCUT2D eigenvalue weighted by atomic mass is 10.1. The number of ether oxygens (including phenoxy) is 1. The lowest BCUT2D eigenvalue weighted by Crippen LogP contribution is -2.28. The van der Waals surface area contributed by atoms with Gasteiger partial charge < -0.3 is 10.1 Å². The number of anilines is 1. The zero-order chi connectivity index (χ0) is 14.5. The van der Waals surface area contributed by atoms with Crippen molar-refractivity contribution in [1.82, 2.24) is 9.97 Å². The zero-order valence-corrected chi connectivity index (χ0v) is 11.8. The number of hydrogen-bond acceptors (Lipinski definition) is 6. The van der Waals surface area contributed by atoms with E-state index in [4.69, 9.17) is 4.74 Å². The molecule has 0 spiro atoms. The van der Waals surface area contributed by atoms with Crippen LogP contribution in [0.3, 0.4) is 0 Å². The fourth-order valence-electron chi connectivity index (χ4n) is 1.22. The van der Waals surface area contributed by atoms with Crippen LogP contribution in [0, 0.1) is 10.1 Å². The average molecular weight is 268 g/mol. The second-order valence-corrected chi connectivity index (χ2v) is 4.78. The van der Waals surface area contributed by atoms with Crippen LogP contribution >= 0.6 is 0 Å². The molecule has 0 radical (unpaired) electrons. The van der Waals surface area contributed by atoms with Gasteiger partial charge in [-0.05, 0) is 26.7 Å². The largest absolute Gasteiger partial charge is 0.467 e. The molecule has 106 valence electrons. The van der Waals surface area contributed by atoms with E-state index in [1.165, 1.54) is 6.20 Å². The quantitative estimate of drug-likeness (QED) is 0.604. The van der Waals surface area contributed by atoms with Gasteiger partial charge in [-0.25, -0.2) is 4.98 Å². The number of nitrogens with zero attached hydrogens (tertiary/aromatic N) is 3. The molecule has 0 aliphatic carbocycles. The number of hydrogen-bond donors (Lipinski definition) is 1. The third-order valence-electron chi connectivity index (χ3n) is 2.69. The van der Waals surface area contributed by atoms with E-state index in [0.29, 0.717) is 18.9 Å². The fourth-order valence-corrected chi connectivity index (χ4v) is 1.22. The minimum absolute atomic E-state index is 0.00505. The number of aromatic nitrogens is 2. The van der Waals surface area contributed by atoms with E-state index in [2.05, 4.69) is 15.3 Å². The van der Waals surface area contributed by atoms with Gasteiger partial charge in [0.15, 0.2) is 0 Å². The summed E-state index contributed by atoms with van der Waals surface area (Å²) < 4.78 is 5.63. The molecule has 1 rings (SSSR count). The molecule has 0 atom stereocenters. The van der Waals surface area contributed by atoms with Crippen LogP contribution in [0.1, 0.15) is 40.5 Å². The van der Waals surface area contributed by atoms with E-state index in [1.54, 1.807) is 0 Å². The highest BCUT2D eigenvalue weighted by Gasteiger charge is 2.25. The summed E-state index contributed by atoms with van der Waals surface area (Å²) in [5.41, 5.74) is -0.732. The van der Waals surface area contributed by atoms with Gasteiger partial charge in [-0.2, -0.15) is 4.98 Å². The molecule has 7 nitrogen and oxygen atoms in total. The minimum atomic E-state index is -0.537. The van der Waals surface area contributed by atoms with Crippen LogP contribution in [0.4, 0.5) is 11.6 Å². The molecule has 0 aliphatic heterocycles. The average Bonchev–Trinajstić information content (AvgIpc) is 2.35. The van der Waals surface area contributed by atoms with Gasteiger partial charge in [0.1, 0.15) is 11.8 Å². The summed E-state index contributed by atoms with van der Waals surface area (Å²) in [6.07, 6.45) is 2.80. The summed E-state index contributed by atoms with van der Waals surface area (Å²) in [7, 11) is 0. The van der Waals surface area contributed by atoms with Crippen molar-refractivity contribution in [2.75, 3.05) is 11.9 Å². The molecule has 1 aromatic rings. The molecule has 1 N–H and O–H groups in total. The zero-order valence-electron chi connectivity index (χ0n) is 11.8. The molecule has 7 heteroatoms. The molecule has 1 aromatic heterocycles. The van der Waals surface area contributed by atoms with Gasteiger partial charge in [-0.1, -0.05) is 13.8 Å². The number of nitro groups is 1. The Labute approximate surface area is 112 Å². The Morgan fingerprint density at radius 1 is 1.47 bits per heavy atom. The summed E-state index contributed by atoms with van der Waals surface area (Å²) in [5, 5.41) is 13.9. The first-order valence-corrected chi connectivity index (χ1v) is 6.34. The molecule has 0 aliphatic rings. The van der Waals surface area contributed by atoms with Gasteiger partial charge in [0.2, 0.25) is 5.95 Å². The summed E-state index contributed by atoms with van der Waals surface area (Å²) in [6.45, 7) is 8.38. The van der Waals surface area contributed by atoms with Crippen molar-refractivity contribution in [2.45, 2.75) is 46.1 Å². The van der Waals surface area contributed by atoms with Crippen LogP contribution < -0.4 is 10.1 Å². The minimum Gasteiger partial charge on any atom is -0.467 e. The Balaban J connectivity index is 3.05. The fraction of sp³-hybridized carbons (Fsp3) is 0.667. The van der Waals surface area contributed by atoms with Crippen LogP contribution in [0.5, 0.6) is 5.88 Å². The normalized spacial score (nSPS) is 11.2. The van der Waals surface area contributed by atoms with Crippen LogP contribution in [-0.2, 0) is 0 Å². The molecular weight excluding hydrogens is 248 g/mol. The highest BCUT2D eigenvalue weighted by Crippen LogP contribution is 2.29. The Bertz CT molecular complexity index is 449. The van der Waals surface area contributed by atoms with Gasteiger partial charge in [-0.15, -0.1) is 0 Å². The molecule has 0 saturated carbocycles. The SMILES string of the molecule is CCCNc1ncc([N+](=O)[O-])c(OC(C)(C)CC)n1. The summed E-state index contributed by atoms with van der Waals surface area (Å²) >= 11 is 0. The van der Waals surface area contributed by atoms with E-state index >= 15 is 0 Å². The first kappa shape index (κ1) is 15.1. The molecule has 0 aromatic carbocycles. The maximum Gasteiger partial charge on any atom is 0.349 e. The van der Waals surface area contributed by atoms with Crippen molar-refractivity contribution in [3.63, 3.8) is 0 Å². The van der Waals surface area contributed by atoms with Crippen molar-refractivity contribution in [3.05, 3.63) is 16.3 Å². The molecule has 0 saturated heterocycles. The van der Waals surface area contributed by atoms with Crippen LogP contribution in [0.15, 0.2) is 6.20 Å². The molecule has 1 heterocycles. The van der Waals surface area contributed by atoms with Gasteiger partial charge in [0, 0.05) is 6.54 Å². The van der Waals surface area contributed by atoms with Crippen molar-refractivity contribution in [3.8, 4) is 5.88 Å². The van der Waals surface area contributed by atoms with Gasteiger partial charge in [0.25, 0.3) is 5.88 Å². The summed E-state index contributed by atoms with van der Waals surface area (Å²) in [6, 6.07) is 0. The Morgan fingerprint density at radius 2 is 2.16 bits per heavy atom. The molecule has 0 unspecified atom stereocenters. The second-order valence-electron chi connectivity index (χ2n) is 4.78. The molecule has 0 fully saturated rings. The lowest BCUT2D eigenvalue weighted by molar-refractivity contribution is -0.386. The highest BCUT2D eigenvalue weighted by molar-refractivity contribution is 5.43. The second kappa shape index (κ2) is 6.31. The van der Waals surface area contributed by atoms with Crippen molar-refractivity contribution >= 4 is 11.6 Å². The topological polar surface area (TPSA) is 90.2 Å². The third kappa shape index (κ3) is 4.35. The first-order valence-electron chi connectivity index (χ1n) is 6.34. The van der Waals surface area contributed by atoms with Crippen molar-refractivity contribution < 1.29 is 9.66 Å². The molecule has 0 bridgehead atoms. The van der Waals surface area contributed by atoms with Gasteiger partial charge >= 0.3 is 5.69 Å². The molecular formula is C12H20N4O3. The number of rotatable bonds is 7. The van der Waals surface area contributed by atoms with Gasteiger partial charge in [-0.3, -0.25) is 10.1 Å². The Morgan fingerprint density at radius 3 is 2.68 bits per heavy atom. The van der Waals surface area contributed by atoms with E-state index in [-0.39, 0.29) is 11.6 Å². The predicted octanol–water partition coefficient (Wildman–Crippen LogP) is 2.77. The maximum absolute atomic E-state index is 10.9.